The molecule has 0 aliphatic heterocycles. The van der Waals surface area contributed by atoms with Gasteiger partial charge in [0.25, 0.3) is 11.8 Å². The first-order chi connectivity index (χ1) is 14.0. The summed E-state index contributed by atoms with van der Waals surface area (Å²) in [5.74, 6) is 0.000202. The minimum Gasteiger partial charge on any atom is -0.345 e. The number of carbonyl (C=O) groups excluding carboxylic acids is 2. The van der Waals surface area contributed by atoms with Gasteiger partial charge < -0.3 is 10.6 Å². The summed E-state index contributed by atoms with van der Waals surface area (Å²) in [5, 5.41) is 5.94. The van der Waals surface area contributed by atoms with E-state index in [-0.39, 0.29) is 17.9 Å². The normalized spacial score (nSPS) is 11.7. The van der Waals surface area contributed by atoms with Crippen molar-refractivity contribution in [3.8, 4) is 0 Å². The fraction of sp³-hybridized carbons (Fsp3) is 0.208. The summed E-state index contributed by atoms with van der Waals surface area (Å²) in [7, 11) is 0. The van der Waals surface area contributed by atoms with Gasteiger partial charge in [-0.15, -0.1) is 0 Å². The molecule has 0 saturated heterocycles. The maximum Gasteiger partial charge on any atom is 0.257 e. The average Bonchev–Trinajstić information content (AvgIpc) is 2.74. The van der Waals surface area contributed by atoms with Crippen LogP contribution in [-0.4, -0.2) is 16.8 Å². The lowest BCUT2D eigenvalue weighted by Gasteiger charge is -2.21. The average molecular weight is 387 g/mol. The van der Waals surface area contributed by atoms with Gasteiger partial charge in [0.2, 0.25) is 0 Å². The van der Waals surface area contributed by atoms with Gasteiger partial charge in [-0.2, -0.15) is 0 Å². The van der Waals surface area contributed by atoms with E-state index < -0.39 is 0 Å². The molecule has 0 spiro atoms. The molecule has 2 amide bonds. The number of nitrogens with one attached hydrogen (secondary N) is 2. The van der Waals surface area contributed by atoms with E-state index in [1.807, 2.05) is 30.3 Å². The van der Waals surface area contributed by atoms with Crippen molar-refractivity contribution in [1.29, 1.82) is 0 Å². The highest BCUT2D eigenvalue weighted by molar-refractivity contribution is 6.04. The molecule has 1 aromatic heterocycles. The fourth-order valence-corrected chi connectivity index (χ4v) is 3.12. The monoisotopic (exact) mass is 387 g/mol. The van der Waals surface area contributed by atoms with E-state index in [4.69, 9.17) is 0 Å². The van der Waals surface area contributed by atoms with Gasteiger partial charge in [0, 0.05) is 23.6 Å². The van der Waals surface area contributed by atoms with E-state index in [1.54, 1.807) is 42.6 Å². The van der Waals surface area contributed by atoms with Crippen molar-refractivity contribution < 1.29 is 9.59 Å². The zero-order valence-corrected chi connectivity index (χ0v) is 16.6. The Morgan fingerprint density at radius 1 is 0.897 bits per heavy atom. The molecule has 5 heteroatoms. The molecule has 5 nitrogen and oxygen atoms in total. The molecule has 0 radical (unpaired) electrons. The second kappa shape index (κ2) is 9.64. The molecule has 3 rings (SSSR count). The maximum atomic E-state index is 12.9. The van der Waals surface area contributed by atoms with E-state index >= 15 is 0 Å². The highest BCUT2D eigenvalue weighted by Crippen LogP contribution is 2.22. The van der Waals surface area contributed by atoms with Gasteiger partial charge in [0.15, 0.2) is 0 Å². The van der Waals surface area contributed by atoms with Gasteiger partial charge in [0.05, 0.1) is 11.6 Å². The predicted molar refractivity (Wildman–Crippen MR) is 115 cm³/mol. The number of benzene rings is 2. The number of amides is 2. The van der Waals surface area contributed by atoms with Crippen molar-refractivity contribution in [2.75, 3.05) is 5.32 Å². The summed E-state index contributed by atoms with van der Waals surface area (Å²) in [5.41, 5.74) is 2.60. The highest BCUT2D eigenvalue weighted by Gasteiger charge is 2.17. The van der Waals surface area contributed by atoms with Crippen LogP contribution in [0.5, 0.6) is 0 Å². The van der Waals surface area contributed by atoms with Crippen molar-refractivity contribution in [2.24, 2.45) is 5.92 Å². The molecule has 3 aromatic rings. The largest absolute Gasteiger partial charge is 0.345 e. The van der Waals surface area contributed by atoms with Gasteiger partial charge in [-0.25, -0.2) is 0 Å². The van der Waals surface area contributed by atoms with Crippen LogP contribution < -0.4 is 10.6 Å². The van der Waals surface area contributed by atoms with Crippen molar-refractivity contribution in [1.82, 2.24) is 10.3 Å². The Morgan fingerprint density at radius 2 is 1.66 bits per heavy atom. The molecule has 2 N–H and O–H groups in total. The summed E-state index contributed by atoms with van der Waals surface area (Å²) in [6, 6.07) is 20.2. The predicted octanol–water partition coefficient (Wildman–Crippen LogP) is 4.85. The van der Waals surface area contributed by atoms with Crippen LogP contribution in [0.1, 0.15) is 52.6 Å². The van der Waals surface area contributed by atoms with Gasteiger partial charge in [-0.3, -0.25) is 14.6 Å². The summed E-state index contributed by atoms with van der Waals surface area (Å²) in [4.78, 5) is 29.2. The van der Waals surface area contributed by atoms with Crippen LogP contribution in [0.15, 0.2) is 79.1 Å². The molecule has 1 unspecified atom stereocenters. The number of anilines is 1. The Labute approximate surface area is 171 Å². The molecule has 0 saturated carbocycles. The zero-order chi connectivity index (χ0) is 20.6. The molecule has 0 bridgehead atoms. The number of carbonyl (C=O) groups is 2. The first kappa shape index (κ1) is 20.3. The van der Waals surface area contributed by atoms with Crippen molar-refractivity contribution in [3.63, 3.8) is 0 Å². The Balaban J connectivity index is 1.73. The van der Waals surface area contributed by atoms with E-state index in [9.17, 15) is 9.59 Å². The smallest absolute Gasteiger partial charge is 0.257 e. The van der Waals surface area contributed by atoms with Gasteiger partial charge >= 0.3 is 0 Å². The van der Waals surface area contributed by atoms with Crippen LogP contribution in [0.3, 0.4) is 0 Å². The van der Waals surface area contributed by atoms with Crippen molar-refractivity contribution in [3.05, 3.63) is 95.8 Å². The lowest BCUT2D eigenvalue weighted by atomic mass is 9.96. The van der Waals surface area contributed by atoms with Crippen LogP contribution in [0, 0.1) is 5.92 Å². The van der Waals surface area contributed by atoms with E-state index in [2.05, 4.69) is 29.5 Å². The second-order valence-corrected chi connectivity index (χ2v) is 7.34. The molecule has 0 aliphatic rings. The molecular formula is C24H25N3O2. The number of hydrogen-bond donors (Lipinski definition) is 2. The van der Waals surface area contributed by atoms with Gasteiger partial charge in [-0.05, 0) is 48.2 Å². The number of nitrogens with zero attached hydrogens (tertiary/aromatic N) is 1. The van der Waals surface area contributed by atoms with E-state index in [0.29, 0.717) is 22.7 Å². The van der Waals surface area contributed by atoms with Gasteiger partial charge in [0.1, 0.15) is 0 Å². The first-order valence-electron chi connectivity index (χ1n) is 9.70. The summed E-state index contributed by atoms with van der Waals surface area (Å²) in [6.45, 7) is 4.27. The van der Waals surface area contributed by atoms with Crippen LogP contribution in [0.4, 0.5) is 5.69 Å². The fourth-order valence-electron chi connectivity index (χ4n) is 3.12. The third-order valence-corrected chi connectivity index (χ3v) is 4.52. The molecule has 148 valence electrons. The Bertz CT molecular complexity index is 956. The molecule has 0 aliphatic carbocycles. The third kappa shape index (κ3) is 5.75. The van der Waals surface area contributed by atoms with Crippen LogP contribution >= 0.6 is 0 Å². The molecular weight excluding hydrogens is 362 g/mol. The van der Waals surface area contributed by atoms with Crippen LogP contribution in [0.2, 0.25) is 0 Å². The molecule has 0 fully saturated rings. The SMILES string of the molecule is CC(C)CC(NC(=O)c1cccc(NC(=O)c2cccnc2)c1)c1ccccc1. The number of aromatic nitrogens is 1. The minimum atomic E-state index is -0.266. The molecule has 2 aromatic carbocycles. The lowest BCUT2D eigenvalue weighted by molar-refractivity contribution is 0.0930. The standard InChI is InChI=1S/C24H25N3O2/c1-17(2)14-22(18-8-4-3-5-9-18)27-23(28)19-10-6-12-21(15-19)26-24(29)20-11-7-13-25-16-20/h3-13,15-17,22H,14H2,1-2H3,(H,26,29)(H,27,28). The lowest BCUT2D eigenvalue weighted by Crippen LogP contribution is -2.29. The van der Waals surface area contributed by atoms with Crippen LogP contribution in [0.25, 0.3) is 0 Å². The summed E-state index contributed by atoms with van der Waals surface area (Å²) >= 11 is 0. The van der Waals surface area contributed by atoms with Crippen molar-refractivity contribution >= 4 is 17.5 Å². The summed E-state index contributed by atoms with van der Waals surface area (Å²) in [6.07, 6.45) is 3.96. The third-order valence-electron chi connectivity index (χ3n) is 4.52. The number of hydrogen-bond acceptors (Lipinski definition) is 3. The Kier molecular flexibility index (Phi) is 6.74. The first-order valence-corrected chi connectivity index (χ1v) is 9.70. The number of pyridine rings is 1. The van der Waals surface area contributed by atoms with Crippen LogP contribution in [-0.2, 0) is 0 Å². The van der Waals surface area contributed by atoms with E-state index in [1.165, 1.54) is 6.20 Å². The Hall–Kier alpha value is -3.47. The molecule has 1 atom stereocenters. The topological polar surface area (TPSA) is 71.1 Å². The van der Waals surface area contributed by atoms with E-state index in [0.717, 1.165) is 12.0 Å². The number of rotatable bonds is 7. The Morgan fingerprint density at radius 3 is 2.34 bits per heavy atom. The maximum absolute atomic E-state index is 12.9. The van der Waals surface area contributed by atoms with Gasteiger partial charge in [-0.1, -0.05) is 50.2 Å². The minimum absolute atomic E-state index is 0.0719. The molecule has 29 heavy (non-hydrogen) atoms. The zero-order valence-electron chi connectivity index (χ0n) is 16.6. The van der Waals surface area contributed by atoms with Crippen molar-refractivity contribution in [2.45, 2.75) is 26.3 Å². The molecule has 1 heterocycles. The highest BCUT2D eigenvalue weighted by atomic mass is 16.2. The summed E-state index contributed by atoms with van der Waals surface area (Å²) < 4.78 is 0. The quantitative estimate of drug-likeness (QED) is 0.609. The second-order valence-electron chi connectivity index (χ2n) is 7.34.